The molecule has 0 amide bonds. The zero-order valence-electron chi connectivity index (χ0n) is 11.2. The highest BCUT2D eigenvalue weighted by molar-refractivity contribution is 5.63. The summed E-state index contributed by atoms with van der Waals surface area (Å²) in [4.78, 5) is 10.5. The summed E-state index contributed by atoms with van der Waals surface area (Å²) in [6, 6.07) is 6.78. The van der Waals surface area contributed by atoms with E-state index in [0.717, 1.165) is 11.4 Å². The number of hydrogen-bond acceptors (Lipinski definition) is 5. The lowest BCUT2D eigenvalue weighted by Gasteiger charge is -2.09. The van der Waals surface area contributed by atoms with E-state index in [-0.39, 0.29) is 10.6 Å². The molecule has 1 aromatic heterocycles. The smallest absolute Gasteiger partial charge is 0.273 e. The summed E-state index contributed by atoms with van der Waals surface area (Å²) in [5, 5.41) is 21.3. The molecule has 7 nitrogen and oxygen atoms in total. The van der Waals surface area contributed by atoms with Gasteiger partial charge in [0.25, 0.3) is 5.69 Å². The number of nitro benzene ring substituents is 1. The van der Waals surface area contributed by atoms with Crippen LogP contribution in [0.5, 0.6) is 0 Å². The number of non-ortho nitro benzene ring substituents is 1. The molecule has 0 aliphatic heterocycles. The molecular weight excluding hydrogens is 258 g/mol. The summed E-state index contributed by atoms with van der Waals surface area (Å²) in [6.07, 6.45) is 3.59. The first-order chi connectivity index (χ1) is 9.69. The number of hydrogen-bond donors (Lipinski definition) is 2. The van der Waals surface area contributed by atoms with Crippen molar-refractivity contribution in [3.8, 4) is 0 Å². The van der Waals surface area contributed by atoms with E-state index in [2.05, 4.69) is 15.7 Å². The van der Waals surface area contributed by atoms with Crippen molar-refractivity contribution in [2.24, 2.45) is 0 Å². The number of rotatable bonds is 7. The van der Waals surface area contributed by atoms with E-state index in [0.29, 0.717) is 19.6 Å². The third-order valence-electron chi connectivity index (χ3n) is 2.74. The Balaban J connectivity index is 2.03. The van der Waals surface area contributed by atoms with Crippen molar-refractivity contribution in [3.05, 3.63) is 46.8 Å². The van der Waals surface area contributed by atoms with Crippen LogP contribution in [0.2, 0.25) is 0 Å². The minimum Gasteiger partial charge on any atom is -0.385 e. The first-order valence-corrected chi connectivity index (χ1v) is 6.43. The molecule has 0 atom stereocenters. The monoisotopic (exact) mass is 275 g/mol. The van der Waals surface area contributed by atoms with Crippen LogP contribution in [0.4, 0.5) is 17.1 Å². The van der Waals surface area contributed by atoms with E-state index < -0.39 is 0 Å². The Labute approximate surface area is 116 Å². The highest BCUT2D eigenvalue weighted by Gasteiger charge is 2.09. The van der Waals surface area contributed by atoms with Crippen molar-refractivity contribution in [1.29, 1.82) is 0 Å². The quantitative estimate of drug-likeness (QED) is 0.598. The molecule has 0 radical (unpaired) electrons. The van der Waals surface area contributed by atoms with Crippen LogP contribution in [0.25, 0.3) is 0 Å². The predicted octanol–water partition coefficient (Wildman–Crippen LogP) is 2.34. The van der Waals surface area contributed by atoms with Gasteiger partial charge in [0.1, 0.15) is 0 Å². The lowest BCUT2D eigenvalue weighted by molar-refractivity contribution is -0.384. The summed E-state index contributed by atoms with van der Waals surface area (Å²) in [5.41, 5.74) is 1.54. The molecule has 20 heavy (non-hydrogen) atoms. The van der Waals surface area contributed by atoms with E-state index in [1.807, 2.05) is 25.3 Å². The number of nitrogens with zero attached hydrogens (tertiary/aromatic N) is 3. The molecule has 2 N–H and O–H groups in total. The fourth-order valence-electron chi connectivity index (χ4n) is 1.87. The topological polar surface area (TPSA) is 85.0 Å². The van der Waals surface area contributed by atoms with Crippen LogP contribution in [-0.4, -0.2) is 27.8 Å². The van der Waals surface area contributed by atoms with Crippen LogP contribution in [0.15, 0.2) is 36.7 Å². The maximum atomic E-state index is 10.9. The second-order valence-corrected chi connectivity index (χ2v) is 4.25. The van der Waals surface area contributed by atoms with Gasteiger partial charge in [-0.05, 0) is 19.1 Å². The Bertz CT molecular complexity index is 568. The second kappa shape index (κ2) is 6.55. The number of anilines is 2. The summed E-state index contributed by atoms with van der Waals surface area (Å²) < 4.78 is 1.80. The van der Waals surface area contributed by atoms with Crippen LogP contribution in [0.1, 0.15) is 6.92 Å². The molecule has 1 heterocycles. The highest BCUT2D eigenvalue weighted by Crippen LogP contribution is 2.24. The van der Waals surface area contributed by atoms with Gasteiger partial charge < -0.3 is 10.6 Å². The Morgan fingerprint density at radius 1 is 1.30 bits per heavy atom. The molecule has 0 bridgehead atoms. The average Bonchev–Trinajstić information content (AvgIpc) is 2.92. The van der Waals surface area contributed by atoms with E-state index in [4.69, 9.17) is 0 Å². The molecule has 0 saturated heterocycles. The zero-order chi connectivity index (χ0) is 14.4. The van der Waals surface area contributed by atoms with Crippen LogP contribution in [0.3, 0.4) is 0 Å². The number of benzene rings is 1. The predicted molar refractivity (Wildman–Crippen MR) is 78.0 cm³/mol. The van der Waals surface area contributed by atoms with Crippen LogP contribution < -0.4 is 10.6 Å². The highest BCUT2D eigenvalue weighted by atomic mass is 16.6. The van der Waals surface area contributed by atoms with Crippen LogP contribution in [-0.2, 0) is 6.54 Å². The lowest BCUT2D eigenvalue weighted by atomic mass is 10.2. The van der Waals surface area contributed by atoms with E-state index in [1.165, 1.54) is 12.1 Å². The fourth-order valence-corrected chi connectivity index (χ4v) is 1.87. The summed E-state index contributed by atoms with van der Waals surface area (Å²) in [7, 11) is 0. The van der Waals surface area contributed by atoms with Gasteiger partial charge in [-0.25, -0.2) is 0 Å². The molecule has 1 aromatic carbocycles. The van der Waals surface area contributed by atoms with Gasteiger partial charge in [-0.1, -0.05) is 0 Å². The van der Waals surface area contributed by atoms with Crippen molar-refractivity contribution >= 4 is 17.1 Å². The molecule has 0 saturated carbocycles. The van der Waals surface area contributed by atoms with Crippen molar-refractivity contribution in [1.82, 2.24) is 9.78 Å². The number of nitrogens with one attached hydrogen (secondary N) is 2. The van der Waals surface area contributed by atoms with Gasteiger partial charge in [-0.15, -0.1) is 0 Å². The maximum Gasteiger partial charge on any atom is 0.273 e. The Morgan fingerprint density at radius 2 is 2.05 bits per heavy atom. The standard InChI is InChI=1S/C13H17N5O2/c1-2-14-11-8-12(10-13(9-11)18(19)20)15-5-7-17-6-3-4-16-17/h3-4,6,8-10,14-15H,2,5,7H2,1H3. The molecule has 2 rings (SSSR count). The van der Waals surface area contributed by atoms with Gasteiger partial charge in [0.05, 0.1) is 11.5 Å². The molecule has 0 aliphatic rings. The van der Waals surface area contributed by atoms with Gasteiger partial charge in [0, 0.05) is 49.0 Å². The van der Waals surface area contributed by atoms with Crippen LogP contribution >= 0.6 is 0 Å². The maximum absolute atomic E-state index is 10.9. The van der Waals surface area contributed by atoms with Crippen LogP contribution in [0, 0.1) is 10.1 Å². The summed E-state index contributed by atoms with van der Waals surface area (Å²) >= 11 is 0. The van der Waals surface area contributed by atoms with Crippen molar-refractivity contribution in [2.75, 3.05) is 23.7 Å². The largest absolute Gasteiger partial charge is 0.385 e. The number of nitro groups is 1. The minimum atomic E-state index is -0.389. The van der Waals surface area contributed by atoms with E-state index >= 15 is 0 Å². The van der Waals surface area contributed by atoms with Gasteiger partial charge in [0.2, 0.25) is 0 Å². The number of aromatic nitrogens is 2. The van der Waals surface area contributed by atoms with E-state index in [1.54, 1.807) is 10.9 Å². The van der Waals surface area contributed by atoms with E-state index in [9.17, 15) is 10.1 Å². The Morgan fingerprint density at radius 3 is 2.65 bits per heavy atom. The fraction of sp³-hybridized carbons (Fsp3) is 0.308. The second-order valence-electron chi connectivity index (χ2n) is 4.25. The van der Waals surface area contributed by atoms with Gasteiger partial charge >= 0.3 is 0 Å². The molecular formula is C13H17N5O2. The van der Waals surface area contributed by atoms with Crippen molar-refractivity contribution < 1.29 is 4.92 Å². The molecule has 2 aromatic rings. The van der Waals surface area contributed by atoms with Gasteiger partial charge in [-0.3, -0.25) is 14.8 Å². The first kappa shape index (κ1) is 13.9. The average molecular weight is 275 g/mol. The lowest BCUT2D eigenvalue weighted by Crippen LogP contribution is -2.11. The normalized spacial score (nSPS) is 10.2. The third kappa shape index (κ3) is 3.71. The summed E-state index contributed by atoms with van der Waals surface area (Å²) in [5.74, 6) is 0. The first-order valence-electron chi connectivity index (χ1n) is 6.43. The SMILES string of the molecule is CCNc1cc(NCCn2cccn2)cc([N+](=O)[O-])c1. The Kier molecular flexibility index (Phi) is 4.54. The molecule has 0 unspecified atom stereocenters. The minimum absolute atomic E-state index is 0.0741. The third-order valence-corrected chi connectivity index (χ3v) is 2.74. The zero-order valence-corrected chi connectivity index (χ0v) is 11.2. The molecule has 0 aliphatic carbocycles. The molecule has 0 spiro atoms. The molecule has 0 fully saturated rings. The molecule has 106 valence electrons. The van der Waals surface area contributed by atoms with Crippen molar-refractivity contribution in [2.45, 2.75) is 13.5 Å². The summed E-state index contributed by atoms with van der Waals surface area (Å²) in [6.45, 7) is 4.01. The van der Waals surface area contributed by atoms with Gasteiger partial charge in [-0.2, -0.15) is 5.10 Å². The van der Waals surface area contributed by atoms with Gasteiger partial charge in [0.15, 0.2) is 0 Å². The van der Waals surface area contributed by atoms with Crippen molar-refractivity contribution in [3.63, 3.8) is 0 Å². The Hall–Kier alpha value is -2.57. The molecule has 7 heteroatoms.